The first-order valence-electron chi connectivity index (χ1n) is 5.59. The standard InChI is InChI=1S/C12H24/c1-9(2)7-11-5-6-12(11)8-10(3)4/h9-12H,5-8H2,1-4H3/t11-,12-/m0/s1. The van der Waals surface area contributed by atoms with E-state index < -0.39 is 0 Å². The first-order chi connectivity index (χ1) is 5.59. The minimum absolute atomic E-state index is 0.907. The van der Waals surface area contributed by atoms with Crippen LogP contribution in [0.25, 0.3) is 0 Å². The lowest BCUT2D eigenvalue weighted by Crippen LogP contribution is -2.28. The van der Waals surface area contributed by atoms with Gasteiger partial charge in [-0.25, -0.2) is 0 Å². The zero-order chi connectivity index (χ0) is 9.14. The van der Waals surface area contributed by atoms with Crippen LogP contribution in [0.4, 0.5) is 0 Å². The molecule has 1 rings (SSSR count). The molecule has 1 aliphatic carbocycles. The molecule has 0 heterocycles. The molecule has 12 heavy (non-hydrogen) atoms. The maximum Gasteiger partial charge on any atom is -0.0383 e. The SMILES string of the molecule is CC(C)C[C@@H]1CC[C@H]1CC(C)C. The van der Waals surface area contributed by atoms with Gasteiger partial charge >= 0.3 is 0 Å². The summed E-state index contributed by atoms with van der Waals surface area (Å²) in [6.45, 7) is 9.41. The third-order valence-corrected chi connectivity index (χ3v) is 3.12. The highest BCUT2D eigenvalue weighted by molar-refractivity contribution is 4.81. The Balaban J connectivity index is 2.20. The average molecular weight is 168 g/mol. The minimum atomic E-state index is 0.907. The molecule has 72 valence electrons. The molecule has 0 unspecified atom stereocenters. The van der Waals surface area contributed by atoms with Crippen LogP contribution in [-0.4, -0.2) is 0 Å². The smallest absolute Gasteiger partial charge is 0.0383 e. The highest BCUT2D eigenvalue weighted by atomic mass is 14.4. The average Bonchev–Trinajstić information content (AvgIpc) is 1.93. The van der Waals surface area contributed by atoms with Gasteiger partial charge in [0.05, 0.1) is 0 Å². The van der Waals surface area contributed by atoms with Gasteiger partial charge in [0.2, 0.25) is 0 Å². The molecule has 0 bridgehead atoms. The summed E-state index contributed by atoms with van der Waals surface area (Å²) in [5.41, 5.74) is 0. The summed E-state index contributed by atoms with van der Waals surface area (Å²) in [4.78, 5) is 0. The van der Waals surface area contributed by atoms with E-state index in [2.05, 4.69) is 27.7 Å². The Hall–Kier alpha value is 0. The molecule has 1 aliphatic rings. The summed E-state index contributed by atoms with van der Waals surface area (Å²) in [5.74, 6) is 3.97. The Labute approximate surface area is 77.7 Å². The van der Waals surface area contributed by atoms with Crippen molar-refractivity contribution in [2.45, 2.75) is 53.4 Å². The molecule has 0 aromatic carbocycles. The predicted molar refractivity (Wildman–Crippen MR) is 55.1 cm³/mol. The molecule has 0 radical (unpaired) electrons. The second-order valence-electron chi connectivity index (χ2n) is 5.36. The van der Waals surface area contributed by atoms with Gasteiger partial charge in [0.25, 0.3) is 0 Å². The van der Waals surface area contributed by atoms with Gasteiger partial charge in [-0.2, -0.15) is 0 Å². The van der Waals surface area contributed by atoms with Crippen LogP contribution >= 0.6 is 0 Å². The van der Waals surface area contributed by atoms with E-state index in [1.807, 2.05) is 0 Å². The number of hydrogen-bond acceptors (Lipinski definition) is 0. The maximum absolute atomic E-state index is 2.35. The van der Waals surface area contributed by atoms with Gasteiger partial charge in [-0.05, 0) is 49.4 Å². The molecule has 0 aromatic heterocycles. The van der Waals surface area contributed by atoms with Crippen molar-refractivity contribution in [1.82, 2.24) is 0 Å². The molecule has 0 heteroatoms. The van der Waals surface area contributed by atoms with Crippen LogP contribution < -0.4 is 0 Å². The van der Waals surface area contributed by atoms with Crippen LogP contribution in [0.2, 0.25) is 0 Å². The van der Waals surface area contributed by atoms with Crippen LogP contribution in [0.5, 0.6) is 0 Å². The molecular weight excluding hydrogens is 144 g/mol. The summed E-state index contributed by atoms with van der Waals surface area (Å²) in [7, 11) is 0. The third-order valence-electron chi connectivity index (χ3n) is 3.12. The van der Waals surface area contributed by atoms with E-state index in [1.165, 1.54) is 25.7 Å². The summed E-state index contributed by atoms with van der Waals surface area (Å²) in [5, 5.41) is 0. The molecule has 0 nitrogen and oxygen atoms in total. The van der Waals surface area contributed by atoms with Crippen molar-refractivity contribution < 1.29 is 0 Å². The van der Waals surface area contributed by atoms with Crippen LogP contribution in [0.1, 0.15) is 53.4 Å². The molecular formula is C12H24. The van der Waals surface area contributed by atoms with E-state index in [-0.39, 0.29) is 0 Å². The van der Waals surface area contributed by atoms with Gasteiger partial charge in [-0.15, -0.1) is 0 Å². The van der Waals surface area contributed by atoms with Crippen molar-refractivity contribution in [3.63, 3.8) is 0 Å². The minimum Gasteiger partial charge on any atom is -0.0628 e. The highest BCUT2D eigenvalue weighted by Crippen LogP contribution is 2.42. The fraction of sp³-hybridized carbons (Fsp3) is 1.00. The van der Waals surface area contributed by atoms with E-state index in [4.69, 9.17) is 0 Å². The largest absolute Gasteiger partial charge is 0.0628 e. The maximum atomic E-state index is 2.35. The summed E-state index contributed by atoms with van der Waals surface area (Å²) < 4.78 is 0. The van der Waals surface area contributed by atoms with Crippen LogP contribution in [-0.2, 0) is 0 Å². The highest BCUT2D eigenvalue weighted by Gasteiger charge is 2.30. The second kappa shape index (κ2) is 4.30. The van der Waals surface area contributed by atoms with Gasteiger partial charge in [-0.1, -0.05) is 27.7 Å². The fourth-order valence-electron chi connectivity index (χ4n) is 2.47. The molecule has 0 amide bonds. The van der Waals surface area contributed by atoms with E-state index in [9.17, 15) is 0 Å². The first-order valence-corrected chi connectivity index (χ1v) is 5.59. The van der Waals surface area contributed by atoms with Gasteiger partial charge in [0.15, 0.2) is 0 Å². The predicted octanol–water partition coefficient (Wildman–Crippen LogP) is 4.10. The fourth-order valence-corrected chi connectivity index (χ4v) is 2.47. The van der Waals surface area contributed by atoms with Gasteiger partial charge in [-0.3, -0.25) is 0 Å². The molecule has 1 saturated carbocycles. The molecule has 0 saturated heterocycles. The van der Waals surface area contributed by atoms with Crippen LogP contribution in [0.3, 0.4) is 0 Å². The van der Waals surface area contributed by atoms with Crippen molar-refractivity contribution in [3.05, 3.63) is 0 Å². The zero-order valence-electron chi connectivity index (χ0n) is 9.14. The lowest BCUT2D eigenvalue weighted by atomic mass is 9.67. The Bertz CT molecular complexity index is 108. The monoisotopic (exact) mass is 168 g/mol. The lowest BCUT2D eigenvalue weighted by molar-refractivity contribution is 0.123. The van der Waals surface area contributed by atoms with Gasteiger partial charge < -0.3 is 0 Å². The Kier molecular flexibility index (Phi) is 3.61. The van der Waals surface area contributed by atoms with Crippen molar-refractivity contribution in [2.24, 2.45) is 23.7 Å². The summed E-state index contributed by atoms with van der Waals surface area (Å²) in [6, 6.07) is 0. The Morgan fingerprint density at radius 1 is 0.833 bits per heavy atom. The Morgan fingerprint density at radius 3 is 1.33 bits per heavy atom. The van der Waals surface area contributed by atoms with Gasteiger partial charge in [0, 0.05) is 0 Å². The molecule has 0 aromatic rings. The van der Waals surface area contributed by atoms with Gasteiger partial charge in [0.1, 0.15) is 0 Å². The normalized spacial score (nSPS) is 29.5. The van der Waals surface area contributed by atoms with Crippen molar-refractivity contribution in [1.29, 1.82) is 0 Å². The number of hydrogen-bond donors (Lipinski definition) is 0. The Morgan fingerprint density at radius 2 is 1.17 bits per heavy atom. The van der Waals surface area contributed by atoms with E-state index >= 15 is 0 Å². The molecule has 0 N–H and O–H groups in total. The lowest BCUT2D eigenvalue weighted by Gasteiger charge is -2.39. The topological polar surface area (TPSA) is 0 Å². The molecule has 2 atom stereocenters. The van der Waals surface area contributed by atoms with E-state index in [0.29, 0.717) is 0 Å². The first kappa shape index (κ1) is 10.1. The molecule has 0 spiro atoms. The number of rotatable bonds is 4. The van der Waals surface area contributed by atoms with Crippen molar-refractivity contribution in [2.75, 3.05) is 0 Å². The second-order valence-corrected chi connectivity index (χ2v) is 5.36. The van der Waals surface area contributed by atoms with Crippen LogP contribution in [0.15, 0.2) is 0 Å². The molecule has 1 fully saturated rings. The van der Waals surface area contributed by atoms with E-state index in [0.717, 1.165) is 23.7 Å². The summed E-state index contributed by atoms with van der Waals surface area (Å²) in [6.07, 6.45) is 5.96. The van der Waals surface area contributed by atoms with Crippen LogP contribution in [0, 0.1) is 23.7 Å². The van der Waals surface area contributed by atoms with Crippen molar-refractivity contribution >= 4 is 0 Å². The third kappa shape index (κ3) is 2.80. The summed E-state index contributed by atoms with van der Waals surface area (Å²) >= 11 is 0. The molecule has 0 aliphatic heterocycles. The van der Waals surface area contributed by atoms with E-state index in [1.54, 1.807) is 0 Å². The van der Waals surface area contributed by atoms with Crippen molar-refractivity contribution in [3.8, 4) is 0 Å². The quantitative estimate of drug-likeness (QED) is 0.592. The zero-order valence-corrected chi connectivity index (χ0v) is 9.14.